The summed E-state index contributed by atoms with van der Waals surface area (Å²) in [5, 5.41) is 9.02. The van der Waals surface area contributed by atoms with Crippen molar-refractivity contribution in [2.24, 2.45) is 0 Å². The second-order valence-electron chi connectivity index (χ2n) is 4.26. The highest BCUT2D eigenvalue weighted by atomic mass is 35.5. The van der Waals surface area contributed by atoms with E-state index in [1.807, 2.05) is 0 Å². The van der Waals surface area contributed by atoms with Crippen molar-refractivity contribution in [3.8, 4) is 11.5 Å². The lowest BCUT2D eigenvalue weighted by atomic mass is 10.2. The van der Waals surface area contributed by atoms with Crippen molar-refractivity contribution in [1.82, 2.24) is 0 Å². The smallest absolute Gasteiger partial charge is 0.328 e. The number of halogens is 1. The van der Waals surface area contributed by atoms with Crippen LogP contribution in [0, 0.1) is 0 Å². The van der Waals surface area contributed by atoms with Gasteiger partial charge in [0.1, 0.15) is 0 Å². The van der Waals surface area contributed by atoms with Gasteiger partial charge >= 0.3 is 5.97 Å². The zero-order chi connectivity index (χ0) is 15.0. The van der Waals surface area contributed by atoms with Crippen LogP contribution < -0.4 is 9.47 Å². The Morgan fingerprint density at radius 3 is 2.75 bits per heavy atom. The number of rotatable bonds is 8. The lowest BCUT2D eigenvalue weighted by Gasteiger charge is -2.13. The van der Waals surface area contributed by atoms with E-state index in [9.17, 15) is 4.79 Å². The summed E-state index contributed by atoms with van der Waals surface area (Å²) in [6.07, 6.45) is 5.67. The zero-order valence-electron chi connectivity index (χ0n) is 11.7. The lowest BCUT2D eigenvalue weighted by molar-refractivity contribution is -0.131. The fourth-order valence-electron chi connectivity index (χ4n) is 1.67. The number of benzene rings is 1. The largest absolute Gasteiger partial charge is 0.493 e. The van der Waals surface area contributed by atoms with Gasteiger partial charge in [0.2, 0.25) is 0 Å². The average Bonchev–Trinajstić information content (AvgIpc) is 2.42. The maximum Gasteiger partial charge on any atom is 0.328 e. The molecule has 1 aromatic carbocycles. The molecule has 0 fully saturated rings. The van der Waals surface area contributed by atoms with Gasteiger partial charge in [-0.25, -0.2) is 4.79 Å². The van der Waals surface area contributed by atoms with Crippen LogP contribution in [0.3, 0.4) is 0 Å². The Morgan fingerprint density at radius 1 is 1.40 bits per heavy atom. The van der Waals surface area contributed by atoms with Gasteiger partial charge in [0, 0.05) is 6.08 Å². The molecule has 0 saturated carbocycles. The van der Waals surface area contributed by atoms with Gasteiger partial charge in [-0.15, -0.1) is 0 Å². The molecule has 0 saturated heterocycles. The van der Waals surface area contributed by atoms with Gasteiger partial charge < -0.3 is 14.6 Å². The van der Waals surface area contributed by atoms with Crippen molar-refractivity contribution < 1.29 is 19.4 Å². The second-order valence-corrected chi connectivity index (χ2v) is 4.67. The molecule has 1 N–H and O–H groups in total. The predicted octanol–water partition coefficient (Wildman–Crippen LogP) is 4.02. The minimum Gasteiger partial charge on any atom is -0.493 e. The summed E-state index contributed by atoms with van der Waals surface area (Å²) in [5.41, 5.74) is 0.648. The second kappa shape index (κ2) is 8.48. The Kier molecular flexibility index (Phi) is 6.94. The number of aliphatic carboxylic acids is 1. The van der Waals surface area contributed by atoms with Crippen molar-refractivity contribution in [1.29, 1.82) is 0 Å². The van der Waals surface area contributed by atoms with Crippen LogP contribution in [-0.2, 0) is 4.79 Å². The Hall–Kier alpha value is -1.68. The molecule has 0 bridgehead atoms. The first-order valence-corrected chi connectivity index (χ1v) is 6.87. The summed E-state index contributed by atoms with van der Waals surface area (Å²) in [6.45, 7) is 2.70. The minimum absolute atomic E-state index is 0.408. The molecule has 0 atom stereocenters. The van der Waals surface area contributed by atoms with E-state index >= 15 is 0 Å². The van der Waals surface area contributed by atoms with Gasteiger partial charge in [-0.3, -0.25) is 0 Å². The van der Waals surface area contributed by atoms with Crippen LogP contribution in [0.2, 0.25) is 5.02 Å². The first-order valence-electron chi connectivity index (χ1n) is 6.49. The monoisotopic (exact) mass is 298 g/mol. The van der Waals surface area contributed by atoms with Crippen molar-refractivity contribution in [3.05, 3.63) is 28.8 Å². The van der Waals surface area contributed by atoms with Crippen molar-refractivity contribution >= 4 is 23.6 Å². The number of methoxy groups -OCH3 is 1. The summed E-state index contributed by atoms with van der Waals surface area (Å²) in [4.78, 5) is 10.5. The zero-order valence-corrected chi connectivity index (χ0v) is 12.4. The fourth-order valence-corrected chi connectivity index (χ4v) is 1.94. The van der Waals surface area contributed by atoms with Crippen LogP contribution in [0.4, 0.5) is 0 Å². The third kappa shape index (κ3) is 5.13. The number of carboxylic acids is 1. The molecule has 0 aliphatic heterocycles. The molecule has 0 unspecified atom stereocenters. The Labute approximate surface area is 124 Å². The molecule has 0 radical (unpaired) electrons. The number of hydrogen-bond acceptors (Lipinski definition) is 3. The molecule has 1 aromatic rings. The van der Waals surface area contributed by atoms with E-state index in [0.29, 0.717) is 28.7 Å². The average molecular weight is 299 g/mol. The predicted molar refractivity (Wildman–Crippen MR) is 79.7 cm³/mol. The lowest BCUT2D eigenvalue weighted by Crippen LogP contribution is -2.00. The van der Waals surface area contributed by atoms with Crippen molar-refractivity contribution in [2.45, 2.75) is 26.2 Å². The number of ether oxygens (including phenoxy) is 2. The Morgan fingerprint density at radius 2 is 2.15 bits per heavy atom. The SMILES string of the molecule is CCCCCOc1c(Cl)cc(/C=C/C(=O)O)cc1OC. The van der Waals surface area contributed by atoms with E-state index in [0.717, 1.165) is 25.3 Å². The molecule has 0 aliphatic carbocycles. The normalized spacial score (nSPS) is 10.8. The van der Waals surface area contributed by atoms with Gasteiger partial charge in [0.05, 0.1) is 18.7 Å². The summed E-state index contributed by atoms with van der Waals surface area (Å²) in [5.74, 6) is -0.0169. The third-order valence-electron chi connectivity index (χ3n) is 2.66. The van der Waals surface area contributed by atoms with Crippen LogP contribution in [-0.4, -0.2) is 24.8 Å². The van der Waals surface area contributed by atoms with Gasteiger partial charge in [0.15, 0.2) is 11.5 Å². The van der Waals surface area contributed by atoms with Crippen molar-refractivity contribution in [3.63, 3.8) is 0 Å². The number of carbonyl (C=O) groups is 1. The molecule has 1 rings (SSSR count). The summed E-state index contributed by atoms with van der Waals surface area (Å²) in [7, 11) is 1.52. The van der Waals surface area contributed by atoms with E-state index in [1.54, 1.807) is 12.1 Å². The number of hydrogen-bond donors (Lipinski definition) is 1. The van der Waals surface area contributed by atoms with Gasteiger partial charge in [-0.05, 0) is 30.2 Å². The topological polar surface area (TPSA) is 55.8 Å². The van der Waals surface area contributed by atoms with Crippen LogP contribution in [0.5, 0.6) is 11.5 Å². The summed E-state index contributed by atoms with van der Waals surface area (Å²) < 4.78 is 10.9. The van der Waals surface area contributed by atoms with Gasteiger partial charge in [-0.2, -0.15) is 0 Å². The molecule has 0 spiro atoms. The first-order chi connectivity index (χ1) is 9.58. The van der Waals surface area contributed by atoms with E-state index in [4.69, 9.17) is 26.2 Å². The molecule has 0 aliphatic rings. The quantitative estimate of drug-likeness (QED) is 0.582. The van der Waals surface area contributed by atoms with Crippen LogP contribution >= 0.6 is 11.6 Å². The molecule has 110 valence electrons. The number of unbranched alkanes of at least 4 members (excludes halogenated alkanes) is 2. The van der Waals surface area contributed by atoms with Gasteiger partial charge in [0.25, 0.3) is 0 Å². The van der Waals surface area contributed by atoms with E-state index in [1.165, 1.54) is 13.2 Å². The molecule has 5 heteroatoms. The Bertz CT molecular complexity index is 483. The molecular formula is C15H19ClO4. The molecule has 0 amide bonds. The maximum atomic E-state index is 10.5. The number of carboxylic acid groups (broad SMARTS) is 1. The highest BCUT2D eigenvalue weighted by molar-refractivity contribution is 6.32. The van der Waals surface area contributed by atoms with E-state index in [2.05, 4.69) is 6.92 Å². The fraction of sp³-hybridized carbons (Fsp3) is 0.400. The Balaban J connectivity index is 2.87. The van der Waals surface area contributed by atoms with E-state index < -0.39 is 5.97 Å². The first kappa shape index (κ1) is 16.4. The standard InChI is InChI=1S/C15H19ClO4/c1-3-4-5-8-20-15-12(16)9-11(6-7-14(17)18)10-13(15)19-2/h6-7,9-10H,3-5,8H2,1-2H3,(H,17,18)/b7-6+. The maximum absolute atomic E-state index is 10.5. The molecule has 0 aromatic heterocycles. The molecule has 4 nitrogen and oxygen atoms in total. The van der Waals surface area contributed by atoms with Crippen LogP contribution in [0.15, 0.2) is 18.2 Å². The third-order valence-corrected chi connectivity index (χ3v) is 2.95. The minimum atomic E-state index is -1.01. The molecule has 0 heterocycles. The molecular weight excluding hydrogens is 280 g/mol. The molecule has 20 heavy (non-hydrogen) atoms. The highest BCUT2D eigenvalue weighted by Gasteiger charge is 2.11. The highest BCUT2D eigenvalue weighted by Crippen LogP contribution is 2.36. The van der Waals surface area contributed by atoms with Crippen LogP contribution in [0.25, 0.3) is 6.08 Å². The van der Waals surface area contributed by atoms with E-state index in [-0.39, 0.29) is 0 Å². The van der Waals surface area contributed by atoms with Crippen molar-refractivity contribution in [2.75, 3.05) is 13.7 Å². The van der Waals surface area contributed by atoms with Crippen LogP contribution in [0.1, 0.15) is 31.7 Å². The summed E-state index contributed by atoms with van der Waals surface area (Å²) in [6, 6.07) is 3.35. The summed E-state index contributed by atoms with van der Waals surface area (Å²) >= 11 is 6.16. The van der Waals surface area contributed by atoms with Gasteiger partial charge in [-0.1, -0.05) is 31.4 Å².